The molecule has 1 unspecified atom stereocenters. The van der Waals surface area contributed by atoms with Crippen molar-refractivity contribution in [3.05, 3.63) is 51.8 Å². The molecule has 3 heterocycles. The first-order valence-electron chi connectivity index (χ1n) is 11.4. The van der Waals surface area contributed by atoms with E-state index in [9.17, 15) is 14.0 Å². The van der Waals surface area contributed by atoms with Crippen LogP contribution in [-0.4, -0.2) is 48.9 Å². The summed E-state index contributed by atoms with van der Waals surface area (Å²) in [7, 11) is 0. The normalized spacial score (nSPS) is 20.0. The van der Waals surface area contributed by atoms with E-state index in [-0.39, 0.29) is 34.6 Å². The van der Waals surface area contributed by atoms with Crippen LogP contribution in [0.15, 0.2) is 29.1 Å². The van der Waals surface area contributed by atoms with Crippen molar-refractivity contribution in [2.24, 2.45) is 5.92 Å². The number of amides is 1. The van der Waals surface area contributed by atoms with Crippen LogP contribution in [0.2, 0.25) is 0 Å². The number of rotatable bonds is 4. The van der Waals surface area contributed by atoms with Gasteiger partial charge in [-0.05, 0) is 43.4 Å². The maximum atomic E-state index is 13.2. The van der Waals surface area contributed by atoms with E-state index in [1.807, 2.05) is 4.90 Å². The average Bonchev–Trinajstić information content (AvgIpc) is 3.24. The number of H-pyrrole nitrogens is 1. The van der Waals surface area contributed by atoms with E-state index in [0.717, 1.165) is 50.6 Å². The zero-order valence-electron chi connectivity index (χ0n) is 18.0. The number of carbonyl (C=O) groups excluding carboxylic acids is 1. The molecule has 1 aromatic carbocycles. The van der Waals surface area contributed by atoms with Gasteiger partial charge in [0.15, 0.2) is 11.2 Å². The van der Waals surface area contributed by atoms with Crippen molar-refractivity contribution in [2.75, 3.05) is 13.1 Å². The Morgan fingerprint density at radius 1 is 1.09 bits per heavy atom. The second-order valence-corrected chi connectivity index (χ2v) is 8.96. The number of fused-ring (bicyclic) bond motifs is 1. The zero-order valence-corrected chi connectivity index (χ0v) is 18.0. The summed E-state index contributed by atoms with van der Waals surface area (Å²) in [6.45, 7) is 1.68. The topological polar surface area (TPSA) is 96.8 Å². The van der Waals surface area contributed by atoms with Gasteiger partial charge in [-0.25, -0.2) is 14.1 Å². The highest BCUT2D eigenvalue weighted by Crippen LogP contribution is 2.30. The molecular formula is C23H27FN6O2. The minimum Gasteiger partial charge on any atom is -0.342 e. The molecule has 0 radical (unpaired) electrons. The van der Waals surface area contributed by atoms with Gasteiger partial charge in [0.2, 0.25) is 5.91 Å². The minimum absolute atomic E-state index is 0.0254. The summed E-state index contributed by atoms with van der Waals surface area (Å²) in [5.41, 5.74) is 1.10. The largest absolute Gasteiger partial charge is 0.342 e. The van der Waals surface area contributed by atoms with Crippen LogP contribution in [-0.2, 0) is 11.3 Å². The first-order chi connectivity index (χ1) is 15.6. The number of hydrogen-bond donors (Lipinski definition) is 1. The molecule has 1 amide bonds. The van der Waals surface area contributed by atoms with Crippen molar-refractivity contribution in [1.82, 2.24) is 29.9 Å². The fourth-order valence-corrected chi connectivity index (χ4v) is 4.95. The van der Waals surface area contributed by atoms with Gasteiger partial charge in [-0.15, -0.1) is 5.10 Å². The van der Waals surface area contributed by atoms with Gasteiger partial charge in [0.05, 0.1) is 6.54 Å². The molecular weight excluding hydrogens is 411 g/mol. The lowest BCUT2D eigenvalue weighted by Gasteiger charge is -2.35. The van der Waals surface area contributed by atoms with Crippen LogP contribution in [0.1, 0.15) is 62.3 Å². The van der Waals surface area contributed by atoms with Crippen molar-refractivity contribution in [1.29, 1.82) is 0 Å². The first-order valence-corrected chi connectivity index (χ1v) is 11.4. The summed E-state index contributed by atoms with van der Waals surface area (Å²) in [6, 6.07) is 6.12. The van der Waals surface area contributed by atoms with E-state index in [4.69, 9.17) is 4.98 Å². The third kappa shape index (κ3) is 4.16. The van der Waals surface area contributed by atoms with E-state index in [0.29, 0.717) is 24.6 Å². The molecule has 1 N–H and O–H groups in total. The van der Waals surface area contributed by atoms with Gasteiger partial charge in [-0.2, -0.15) is 0 Å². The Balaban J connectivity index is 1.39. The highest BCUT2D eigenvalue weighted by Gasteiger charge is 2.31. The number of hydrogen-bond acceptors (Lipinski definition) is 5. The molecule has 2 aromatic heterocycles. The van der Waals surface area contributed by atoms with Crippen LogP contribution in [0.25, 0.3) is 11.2 Å². The Morgan fingerprint density at radius 2 is 1.88 bits per heavy atom. The van der Waals surface area contributed by atoms with E-state index in [2.05, 4.69) is 15.3 Å². The second kappa shape index (κ2) is 8.80. The number of benzene rings is 1. The molecule has 1 saturated carbocycles. The van der Waals surface area contributed by atoms with Crippen molar-refractivity contribution < 1.29 is 9.18 Å². The number of piperidine rings is 1. The second-order valence-electron chi connectivity index (χ2n) is 8.96. The molecule has 1 saturated heterocycles. The molecule has 8 nitrogen and oxygen atoms in total. The average molecular weight is 439 g/mol. The van der Waals surface area contributed by atoms with E-state index in [1.165, 1.54) is 18.6 Å². The highest BCUT2D eigenvalue weighted by atomic mass is 19.1. The quantitative estimate of drug-likeness (QED) is 0.676. The number of likely N-dealkylation sites (tertiary alicyclic amines) is 1. The Morgan fingerprint density at radius 3 is 2.66 bits per heavy atom. The summed E-state index contributed by atoms with van der Waals surface area (Å²) < 4.78 is 14.8. The smallest absolute Gasteiger partial charge is 0.281 e. The van der Waals surface area contributed by atoms with Gasteiger partial charge in [0.25, 0.3) is 5.56 Å². The summed E-state index contributed by atoms with van der Waals surface area (Å²) in [5.74, 6) is 0.631. The molecule has 2 fully saturated rings. The Bertz CT molecular complexity index is 1170. The zero-order chi connectivity index (χ0) is 22.1. The number of aromatic nitrogens is 5. The molecule has 168 valence electrons. The molecule has 0 spiro atoms. The number of nitrogens with one attached hydrogen (secondary N) is 1. The molecule has 2 aliphatic rings. The van der Waals surface area contributed by atoms with Crippen LogP contribution < -0.4 is 5.56 Å². The molecule has 1 atom stereocenters. The van der Waals surface area contributed by atoms with Crippen molar-refractivity contribution in [2.45, 2.75) is 57.4 Å². The van der Waals surface area contributed by atoms with Gasteiger partial charge in [0, 0.05) is 24.9 Å². The third-order valence-corrected chi connectivity index (χ3v) is 6.71. The number of nitrogens with zero attached hydrogens (tertiary/aromatic N) is 5. The van der Waals surface area contributed by atoms with E-state index >= 15 is 0 Å². The van der Waals surface area contributed by atoms with Crippen molar-refractivity contribution in [3.63, 3.8) is 0 Å². The van der Waals surface area contributed by atoms with Gasteiger partial charge in [-0.3, -0.25) is 9.59 Å². The van der Waals surface area contributed by atoms with Crippen molar-refractivity contribution >= 4 is 17.1 Å². The first kappa shape index (κ1) is 20.8. The predicted molar refractivity (Wildman–Crippen MR) is 117 cm³/mol. The Hall–Kier alpha value is -3.10. The molecule has 32 heavy (non-hydrogen) atoms. The van der Waals surface area contributed by atoms with Gasteiger partial charge in [-0.1, -0.05) is 36.6 Å². The summed E-state index contributed by atoms with van der Waals surface area (Å²) in [4.78, 5) is 35.3. The molecule has 9 heteroatoms. The number of halogens is 1. The maximum absolute atomic E-state index is 13.2. The third-order valence-electron chi connectivity index (χ3n) is 6.71. The monoisotopic (exact) mass is 438 g/mol. The number of aromatic amines is 1. The van der Waals surface area contributed by atoms with Gasteiger partial charge in [0.1, 0.15) is 11.6 Å². The lowest BCUT2D eigenvalue weighted by molar-refractivity contribution is -0.137. The standard InChI is InChI=1S/C23H27FN6O2/c24-18-10-8-15(9-11-18)13-30-21-19(27-28-30)22(31)26-20(25-21)17-7-4-12-29(14-17)23(32)16-5-2-1-3-6-16/h8-11,16-17H,1-7,12-14H2,(H,25,26,31). The highest BCUT2D eigenvalue weighted by molar-refractivity contribution is 5.79. The van der Waals surface area contributed by atoms with Crippen molar-refractivity contribution in [3.8, 4) is 0 Å². The van der Waals surface area contributed by atoms with Crippen LogP contribution in [0, 0.1) is 11.7 Å². The predicted octanol–water partition coefficient (Wildman–Crippen LogP) is 2.99. The SMILES string of the molecule is O=C(C1CCCCC1)N1CCCC(c2nc3c(nnn3Cc3ccc(F)cc3)c(=O)[nH]2)C1. The van der Waals surface area contributed by atoms with Gasteiger partial charge >= 0.3 is 0 Å². The van der Waals surface area contributed by atoms with Crippen LogP contribution >= 0.6 is 0 Å². The fourth-order valence-electron chi connectivity index (χ4n) is 4.95. The van der Waals surface area contributed by atoms with E-state index < -0.39 is 0 Å². The lowest BCUT2D eigenvalue weighted by Crippen LogP contribution is -2.43. The molecule has 3 aromatic rings. The van der Waals surface area contributed by atoms with Crippen LogP contribution in [0.4, 0.5) is 4.39 Å². The summed E-state index contributed by atoms with van der Waals surface area (Å²) in [6.07, 6.45) is 7.19. The fraction of sp³-hybridized carbons (Fsp3) is 0.522. The summed E-state index contributed by atoms with van der Waals surface area (Å²) >= 11 is 0. The van der Waals surface area contributed by atoms with Crippen LogP contribution in [0.5, 0.6) is 0 Å². The molecule has 5 rings (SSSR count). The van der Waals surface area contributed by atoms with Crippen LogP contribution in [0.3, 0.4) is 0 Å². The molecule has 1 aliphatic heterocycles. The lowest BCUT2D eigenvalue weighted by atomic mass is 9.87. The van der Waals surface area contributed by atoms with Gasteiger partial charge < -0.3 is 9.88 Å². The van der Waals surface area contributed by atoms with E-state index in [1.54, 1.807) is 16.8 Å². The Labute approximate surface area is 184 Å². The summed E-state index contributed by atoms with van der Waals surface area (Å²) in [5, 5.41) is 8.08. The Kier molecular flexibility index (Phi) is 5.71. The molecule has 0 bridgehead atoms. The minimum atomic E-state index is -0.328. The maximum Gasteiger partial charge on any atom is 0.281 e. The number of carbonyl (C=O) groups is 1. The molecule has 1 aliphatic carbocycles.